The summed E-state index contributed by atoms with van der Waals surface area (Å²) in [6, 6.07) is -0.622. The lowest BCUT2D eigenvalue weighted by Gasteiger charge is -2.20. The minimum Gasteiger partial charge on any atom is -0.466 e. The maximum atomic E-state index is 12.4. The van der Waals surface area contributed by atoms with E-state index in [2.05, 4.69) is 43.5 Å². The average Bonchev–Trinajstić information content (AvgIpc) is 3.46. The minimum absolute atomic E-state index is 0.00933. The molecule has 0 rings (SSSR count). The maximum Gasteiger partial charge on any atom is 0.305 e. The number of hydrogen-bond donors (Lipinski definition) is 3. The molecule has 0 spiro atoms. The fourth-order valence-electron chi connectivity index (χ4n) is 11.4. The minimum atomic E-state index is -0.839. The zero-order valence-corrected chi connectivity index (χ0v) is 54.1. The Kier molecular flexibility index (Phi) is 67.9. The third kappa shape index (κ3) is 65.2. The van der Waals surface area contributed by atoms with Crippen molar-refractivity contribution in [2.24, 2.45) is 0 Å². The molecule has 0 saturated heterocycles. The van der Waals surface area contributed by atoms with E-state index in [1.54, 1.807) is 6.08 Å². The highest BCUT2D eigenvalue weighted by atomic mass is 16.5. The molecule has 0 aromatic heterocycles. The van der Waals surface area contributed by atoms with Crippen LogP contribution in [0.5, 0.6) is 0 Å². The molecule has 0 aromatic carbocycles. The van der Waals surface area contributed by atoms with E-state index in [9.17, 15) is 19.8 Å². The molecular formula is C74H141NO5. The van der Waals surface area contributed by atoms with E-state index in [0.29, 0.717) is 19.4 Å². The van der Waals surface area contributed by atoms with Gasteiger partial charge in [-0.15, -0.1) is 0 Å². The normalized spacial score (nSPS) is 12.7. The van der Waals surface area contributed by atoms with Crippen LogP contribution < -0.4 is 5.32 Å². The second-order valence-electron chi connectivity index (χ2n) is 24.9. The Hall–Kier alpha value is -1.92. The topological polar surface area (TPSA) is 95.9 Å². The molecular weight excluding hydrogens is 983 g/mol. The monoisotopic (exact) mass is 1120 g/mol. The molecule has 2 atom stereocenters. The molecule has 2 unspecified atom stereocenters. The molecule has 3 N–H and O–H groups in total. The fraction of sp³-hybridized carbons (Fsp3) is 0.892. The number of rotatable bonds is 68. The molecule has 0 saturated carbocycles. The van der Waals surface area contributed by atoms with Gasteiger partial charge in [0.05, 0.1) is 25.4 Å². The van der Waals surface area contributed by atoms with Gasteiger partial charge in [-0.05, 0) is 64.2 Å². The number of amides is 1. The number of unbranched alkanes of at least 4 members (excludes halogenated alkanes) is 53. The van der Waals surface area contributed by atoms with Crippen LogP contribution in [0.2, 0.25) is 0 Å². The first kappa shape index (κ1) is 78.1. The largest absolute Gasteiger partial charge is 0.466 e. The van der Waals surface area contributed by atoms with Crippen LogP contribution in [-0.2, 0) is 14.3 Å². The van der Waals surface area contributed by atoms with Crippen molar-refractivity contribution in [3.05, 3.63) is 36.5 Å². The highest BCUT2D eigenvalue weighted by Crippen LogP contribution is 2.19. The number of carbonyl (C=O) groups is 2. The van der Waals surface area contributed by atoms with Crippen molar-refractivity contribution in [3.8, 4) is 0 Å². The summed E-state index contributed by atoms with van der Waals surface area (Å²) in [4.78, 5) is 24.5. The number of ether oxygens (including phenoxy) is 1. The van der Waals surface area contributed by atoms with Gasteiger partial charge in [0.15, 0.2) is 0 Å². The maximum absolute atomic E-state index is 12.4. The van der Waals surface area contributed by atoms with Crippen molar-refractivity contribution in [1.29, 1.82) is 0 Å². The number of esters is 1. The van der Waals surface area contributed by atoms with Gasteiger partial charge in [-0.3, -0.25) is 9.59 Å². The zero-order valence-electron chi connectivity index (χ0n) is 54.1. The predicted molar refractivity (Wildman–Crippen MR) is 352 cm³/mol. The van der Waals surface area contributed by atoms with Crippen molar-refractivity contribution in [3.63, 3.8) is 0 Å². The number of carbonyl (C=O) groups excluding carboxylic acids is 2. The van der Waals surface area contributed by atoms with E-state index in [1.165, 1.54) is 321 Å². The van der Waals surface area contributed by atoms with Gasteiger partial charge in [-0.1, -0.05) is 359 Å². The number of nitrogens with one attached hydrogen (secondary N) is 1. The third-order valence-electron chi connectivity index (χ3n) is 16.9. The summed E-state index contributed by atoms with van der Waals surface area (Å²) >= 11 is 0. The molecule has 0 aliphatic heterocycles. The third-order valence-corrected chi connectivity index (χ3v) is 16.9. The smallest absolute Gasteiger partial charge is 0.305 e. The van der Waals surface area contributed by atoms with E-state index in [-0.39, 0.29) is 18.5 Å². The zero-order chi connectivity index (χ0) is 57.8. The van der Waals surface area contributed by atoms with Gasteiger partial charge in [0.1, 0.15) is 0 Å². The SMILES string of the molecule is CCCCC/C=C\C/C=C\CCCCCCCC(=O)OCCCCCCCCCCCCCCCCCCCCCCCCCCCCCCCCCCCCCCCC(=O)NC(CO)C(O)/C=C/CCCCCCCCCCC. The van der Waals surface area contributed by atoms with E-state index < -0.39 is 12.1 Å². The van der Waals surface area contributed by atoms with E-state index in [0.717, 1.165) is 51.4 Å². The van der Waals surface area contributed by atoms with Crippen molar-refractivity contribution in [2.75, 3.05) is 13.2 Å². The van der Waals surface area contributed by atoms with Crippen LogP contribution >= 0.6 is 0 Å². The molecule has 0 radical (unpaired) electrons. The molecule has 0 aliphatic rings. The van der Waals surface area contributed by atoms with Crippen LogP contribution in [-0.4, -0.2) is 47.4 Å². The van der Waals surface area contributed by atoms with Crippen LogP contribution in [0.4, 0.5) is 0 Å². The first-order chi connectivity index (χ1) is 39.5. The average molecular weight is 1120 g/mol. The van der Waals surface area contributed by atoms with E-state index in [4.69, 9.17) is 4.74 Å². The number of aliphatic hydroxyl groups is 2. The summed E-state index contributed by atoms with van der Waals surface area (Å²) in [7, 11) is 0. The molecule has 6 heteroatoms. The second kappa shape index (κ2) is 69.6. The molecule has 0 heterocycles. The molecule has 472 valence electrons. The summed E-state index contributed by atoms with van der Waals surface area (Å²) in [6.07, 6.45) is 89.7. The summed E-state index contributed by atoms with van der Waals surface area (Å²) < 4.78 is 5.49. The Morgan fingerprint density at radius 3 is 0.975 bits per heavy atom. The van der Waals surface area contributed by atoms with Crippen LogP contribution in [0.25, 0.3) is 0 Å². The molecule has 80 heavy (non-hydrogen) atoms. The van der Waals surface area contributed by atoms with Crippen molar-refractivity contribution in [1.82, 2.24) is 5.32 Å². The number of allylic oxidation sites excluding steroid dienone is 5. The van der Waals surface area contributed by atoms with E-state index in [1.807, 2.05) is 6.08 Å². The van der Waals surface area contributed by atoms with Crippen LogP contribution in [0.3, 0.4) is 0 Å². The first-order valence-electron chi connectivity index (χ1n) is 36.3. The van der Waals surface area contributed by atoms with Gasteiger partial charge in [0.2, 0.25) is 5.91 Å². The number of aliphatic hydroxyl groups excluding tert-OH is 2. The molecule has 6 nitrogen and oxygen atoms in total. The van der Waals surface area contributed by atoms with Crippen molar-refractivity contribution < 1.29 is 24.5 Å². The highest BCUT2D eigenvalue weighted by molar-refractivity contribution is 5.76. The quantitative estimate of drug-likeness (QED) is 0.0320. The Morgan fingerprint density at radius 1 is 0.350 bits per heavy atom. The van der Waals surface area contributed by atoms with Crippen molar-refractivity contribution >= 4 is 11.9 Å². The molecule has 0 fully saturated rings. The first-order valence-corrected chi connectivity index (χ1v) is 36.3. The molecule has 0 bridgehead atoms. The fourth-order valence-corrected chi connectivity index (χ4v) is 11.4. The standard InChI is InChI=1S/C74H141NO5/c1-3-5-7-9-11-13-15-16-40-44-48-52-56-60-64-68-74(79)80-69-65-61-57-53-49-45-42-39-37-35-33-31-29-27-25-23-21-19-17-18-20-22-24-26-28-30-32-34-36-38-41-43-47-51-55-59-63-67-73(78)75-71(70-76)72(77)66-62-58-54-50-46-14-12-10-8-6-4-2/h11,13,16,40,62,66,71-72,76-77H,3-10,12,14-15,17-39,41-61,63-65,67-70H2,1-2H3,(H,75,78)/b13-11-,40-16-,66-62+. The number of hydrogen-bond acceptors (Lipinski definition) is 5. The van der Waals surface area contributed by atoms with Crippen molar-refractivity contribution in [2.45, 2.75) is 411 Å². The lowest BCUT2D eigenvalue weighted by Crippen LogP contribution is -2.45. The van der Waals surface area contributed by atoms with Crippen LogP contribution in [0.15, 0.2) is 36.5 Å². The Balaban J connectivity index is 3.29. The molecule has 0 aliphatic carbocycles. The van der Waals surface area contributed by atoms with Gasteiger partial charge in [-0.2, -0.15) is 0 Å². The van der Waals surface area contributed by atoms with Gasteiger partial charge >= 0.3 is 5.97 Å². The van der Waals surface area contributed by atoms with Gasteiger partial charge < -0.3 is 20.3 Å². The molecule has 0 aromatic rings. The van der Waals surface area contributed by atoms with Gasteiger partial charge in [0, 0.05) is 12.8 Å². The van der Waals surface area contributed by atoms with Gasteiger partial charge in [0.25, 0.3) is 0 Å². The van der Waals surface area contributed by atoms with E-state index >= 15 is 0 Å². The van der Waals surface area contributed by atoms with Crippen LogP contribution in [0, 0.1) is 0 Å². The van der Waals surface area contributed by atoms with Crippen LogP contribution in [0.1, 0.15) is 399 Å². The summed E-state index contributed by atoms with van der Waals surface area (Å²) in [5.74, 6) is -0.0527. The molecule has 1 amide bonds. The summed E-state index contributed by atoms with van der Waals surface area (Å²) in [6.45, 7) is 4.89. The highest BCUT2D eigenvalue weighted by Gasteiger charge is 2.18. The Bertz CT molecular complexity index is 1300. The Morgan fingerprint density at radius 2 is 0.625 bits per heavy atom. The second-order valence-corrected chi connectivity index (χ2v) is 24.9. The Labute approximate surface area is 500 Å². The summed E-state index contributed by atoms with van der Waals surface area (Å²) in [5, 5.41) is 23.1. The predicted octanol–water partition coefficient (Wildman–Crippen LogP) is 23.5. The lowest BCUT2D eigenvalue weighted by atomic mass is 10.0. The summed E-state index contributed by atoms with van der Waals surface area (Å²) in [5.41, 5.74) is 0. The lowest BCUT2D eigenvalue weighted by molar-refractivity contribution is -0.143. The van der Waals surface area contributed by atoms with Gasteiger partial charge in [-0.25, -0.2) is 0 Å².